The van der Waals surface area contributed by atoms with Gasteiger partial charge in [0.05, 0.1) is 17.9 Å². The lowest BCUT2D eigenvalue weighted by atomic mass is 9.91. The fourth-order valence-electron chi connectivity index (χ4n) is 4.71. The van der Waals surface area contributed by atoms with E-state index >= 15 is 0 Å². The minimum Gasteiger partial charge on any atom is -0.368 e. The van der Waals surface area contributed by atoms with Crippen LogP contribution in [0.3, 0.4) is 0 Å². The topological polar surface area (TPSA) is 94.6 Å². The summed E-state index contributed by atoms with van der Waals surface area (Å²) in [4.78, 5) is 22.5. The van der Waals surface area contributed by atoms with Gasteiger partial charge in [0.2, 0.25) is 15.9 Å². The Hall–Kier alpha value is -3.73. The summed E-state index contributed by atoms with van der Waals surface area (Å²) in [6.45, 7) is 11.1. The standard InChI is InChI=1S/C30H37F2N5O3S/c1-20(21-6-12-26(25(32)18-21)35-41(5,39)40)29(38)33-19-22-7-13-27(30(2,3)4)34-28(22)37-16-14-36(15-17-37)24-10-8-23(31)9-11-24/h6-13,18,20,35H,14-17,19H2,1-5H3,(H,33,38). The van der Waals surface area contributed by atoms with Crippen LogP contribution >= 0.6 is 0 Å². The van der Waals surface area contributed by atoms with Crippen LogP contribution in [0.5, 0.6) is 0 Å². The number of halogens is 2. The van der Waals surface area contributed by atoms with E-state index in [1.807, 2.05) is 12.1 Å². The molecule has 1 aromatic heterocycles. The number of pyridine rings is 1. The smallest absolute Gasteiger partial charge is 0.229 e. The molecule has 0 radical (unpaired) electrons. The van der Waals surface area contributed by atoms with E-state index in [1.54, 1.807) is 19.1 Å². The molecule has 3 aromatic rings. The number of sulfonamides is 1. The molecule has 4 rings (SSSR count). The van der Waals surface area contributed by atoms with Crippen molar-refractivity contribution in [3.63, 3.8) is 0 Å². The second-order valence-corrected chi connectivity index (χ2v) is 13.2. The largest absolute Gasteiger partial charge is 0.368 e. The Morgan fingerprint density at radius 1 is 0.976 bits per heavy atom. The zero-order valence-corrected chi connectivity index (χ0v) is 24.9. The number of carbonyl (C=O) groups excluding carboxylic acids is 1. The molecule has 1 amide bonds. The number of hydrogen-bond donors (Lipinski definition) is 2. The second-order valence-electron chi connectivity index (χ2n) is 11.4. The number of nitrogens with zero attached hydrogens (tertiary/aromatic N) is 3. The van der Waals surface area contributed by atoms with Gasteiger partial charge in [0.25, 0.3) is 0 Å². The number of amides is 1. The van der Waals surface area contributed by atoms with E-state index in [-0.39, 0.29) is 29.4 Å². The highest BCUT2D eigenvalue weighted by Gasteiger charge is 2.25. The molecule has 220 valence electrons. The minimum atomic E-state index is -3.63. The van der Waals surface area contributed by atoms with Crippen molar-refractivity contribution < 1.29 is 22.0 Å². The van der Waals surface area contributed by atoms with Crippen LogP contribution in [0.1, 0.15) is 50.4 Å². The predicted octanol–water partition coefficient (Wildman–Crippen LogP) is 4.78. The molecule has 0 saturated carbocycles. The van der Waals surface area contributed by atoms with Crippen molar-refractivity contribution in [2.75, 3.05) is 47.0 Å². The van der Waals surface area contributed by atoms with E-state index in [2.05, 4.69) is 40.6 Å². The first-order valence-electron chi connectivity index (χ1n) is 13.5. The summed E-state index contributed by atoms with van der Waals surface area (Å²) >= 11 is 0. The van der Waals surface area contributed by atoms with Crippen LogP contribution in [0.15, 0.2) is 54.6 Å². The van der Waals surface area contributed by atoms with E-state index in [1.165, 1.54) is 30.3 Å². The number of hydrogen-bond acceptors (Lipinski definition) is 6. The normalized spacial score (nSPS) is 15.0. The van der Waals surface area contributed by atoms with E-state index in [4.69, 9.17) is 4.98 Å². The zero-order chi connectivity index (χ0) is 29.9. The Balaban J connectivity index is 1.48. The van der Waals surface area contributed by atoms with Crippen molar-refractivity contribution in [3.8, 4) is 0 Å². The van der Waals surface area contributed by atoms with Gasteiger partial charge in [-0.25, -0.2) is 22.2 Å². The van der Waals surface area contributed by atoms with Crippen molar-refractivity contribution >= 4 is 33.1 Å². The molecule has 1 atom stereocenters. The van der Waals surface area contributed by atoms with E-state index in [9.17, 15) is 22.0 Å². The molecule has 2 N–H and O–H groups in total. The third kappa shape index (κ3) is 7.72. The first-order valence-corrected chi connectivity index (χ1v) is 15.4. The maximum absolute atomic E-state index is 14.5. The molecule has 1 fully saturated rings. The summed E-state index contributed by atoms with van der Waals surface area (Å²) in [6, 6.07) is 14.5. The van der Waals surface area contributed by atoms with Gasteiger partial charge < -0.3 is 15.1 Å². The summed E-state index contributed by atoms with van der Waals surface area (Å²) in [5.74, 6) is -1.16. The number of carbonyl (C=O) groups is 1. The van der Waals surface area contributed by atoms with Gasteiger partial charge in [0.1, 0.15) is 17.5 Å². The molecule has 2 aromatic carbocycles. The highest BCUT2D eigenvalue weighted by Crippen LogP contribution is 2.28. The fraction of sp³-hybridized carbons (Fsp3) is 0.400. The number of rotatable bonds is 8. The molecule has 0 bridgehead atoms. The van der Waals surface area contributed by atoms with Gasteiger partial charge in [0, 0.05) is 55.1 Å². The van der Waals surface area contributed by atoms with E-state index in [0.29, 0.717) is 18.7 Å². The molecule has 1 aliphatic heterocycles. The average molecular weight is 586 g/mol. The fourth-order valence-corrected chi connectivity index (χ4v) is 5.27. The highest BCUT2D eigenvalue weighted by atomic mass is 32.2. The van der Waals surface area contributed by atoms with Gasteiger partial charge in [-0.2, -0.15) is 0 Å². The van der Waals surface area contributed by atoms with Gasteiger partial charge in [-0.05, 0) is 55.0 Å². The molecule has 0 spiro atoms. The lowest BCUT2D eigenvalue weighted by Gasteiger charge is -2.38. The van der Waals surface area contributed by atoms with E-state index < -0.39 is 21.8 Å². The second kappa shape index (κ2) is 12.0. The Kier molecular flexibility index (Phi) is 8.86. The molecular formula is C30H37F2N5O3S. The molecule has 41 heavy (non-hydrogen) atoms. The Morgan fingerprint density at radius 2 is 1.61 bits per heavy atom. The third-order valence-electron chi connectivity index (χ3n) is 7.13. The minimum absolute atomic E-state index is 0.164. The summed E-state index contributed by atoms with van der Waals surface area (Å²) in [5, 5.41) is 2.96. The predicted molar refractivity (Wildman–Crippen MR) is 159 cm³/mol. The monoisotopic (exact) mass is 585 g/mol. The Morgan fingerprint density at radius 3 is 2.20 bits per heavy atom. The number of nitrogens with one attached hydrogen (secondary N) is 2. The maximum atomic E-state index is 14.5. The molecule has 1 saturated heterocycles. The average Bonchev–Trinajstić information content (AvgIpc) is 2.91. The molecule has 0 aliphatic carbocycles. The molecular weight excluding hydrogens is 548 g/mol. The Bertz CT molecular complexity index is 1500. The number of anilines is 3. The van der Waals surface area contributed by atoms with Crippen LogP contribution in [-0.4, -0.2) is 51.7 Å². The van der Waals surface area contributed by atoms with Crippen molar-refractivity contribution in [3.05, 3.63) is 83.1 Å². The van der Waals surface area contributed by atoms with Crippen LogP contribution in [0, 0.1) is 11.6 Å². The lowest BCUT2D eigenvalue weighted by Crippen LogP contribution is -2.47. The van der Waals surface area contributed by atoms with Gasteiger partial charge in [-0.3, -0.25) is 9.52 Å². The first-order chi connectivity index (χ1) is 19.2. The van der Waals surface area contributed by atoms with Crippen LogP contribution in [0.25, 0.3) is 0 Å². The van der Waals surface area contributed by atoms with Gasteiger partial charge in [-0.15, -0.1) is 0 Å². The third-order valence-corrected chi connectivity index (χ3v) is 7.72. The quantitative estimate of drug-likeness (QED) is 0.396. The molecule has 2 heterocycles. The zero-order valence-electron chi connectivity index (χ0n) is 24.0. The number of benzene rings is 2. The SMILES string of the molecule is CC(C(=O)NCc1ccc(C(C)(C)C)nc1N1CCN(c2ccc(F)cc2)CC1)c1ccc(NS(C)(=O)=O)c(F)c1. The van der Waals surface area contributed by atoms with Crippen molar-refractivity contribution in [1.29, 1.82) is 0 Å². The maximum Gasteiger partial charge on any atom is 0.229 e. The molecule has 1 unspecified atom stereocenters. The van der Waals surface area contributed by atoms with Gasteiger partial charge in [0.15, 0.2) is 0 Å². The van der Waals surface area contributed by atoms with Crippen LogP contribution in [-0.2, 0) is 26.8 Å². The molecule has 1 aliphatic rings. The van der Waals surface area contributed by atoms with Gasteiger partial charge >= 0.3 is 0 Å². The van der Waals surface area contributed by atoms with E-state index in [0.717, 1.165) is 42.1 Å². The lowest BCUT2D eigenvalue weighted by molar-refractivity contribution is -0.122. The number of piperazine rings is 1. The summed E-state index contributed by atoms with van der Waals surface area (Å²) in [6.07, 6.45) is 0.943. The highest BCUT2D eigenvalue weighted by molar-refractivity contribution is 7.92. The summed E-state index contributed by atoms with van der Waals surface area (Å²) < 4.78 is 52.9. The first kappa shape index (κ1) is 30.2. The summed E-state index contributed by atoms with van der Waals surface area (Å²) in [7, 11) is -3.63. The van der Waals surface area contributed by atoms with Crippen LogP contribution in [0.2, 0.25) is 0 Å². The van der Waals surface area contributed by atoms with Crippen LogP contribution in [0.4, 0.5) is 26.0 Å². The Labute approximate surface area is 240 Å². The van der Waals surface area contributed by atoms with Gasteiger partial charge in [-0.1, -0.05) is 32.9 Å². The number of aromatic nitrogens is 1. The summed E-state index contributed by atoms with van der Waals surface area (Å²) in [5.41, 5.74) is 2.88. The van der Waals surface area contributed by atoms with Crippen molar-refractivity contribution in [2.45, 2.75) is 45.6 Å². The van der Waals surface area contributed by atoms with Crippen molar-refractivity contribution in [1.82, 2.24) is 10.3 Å². The van der Waals surface area contributed by atoms with Crippen LogP contribution < -0.4 is 19.8 Å². The van der Waals surface area contributed by atoms with Crippen molar-refractivity contribution in [2.24, 2.45) is 0 Å². The molecule has 11 heteroatoms. The molecule has 8 nitrogen and oxygen atoms in total.